The summed E-state index contributed by atoms with van der Waals surface area (Å²) in [5.74, 6) is 1.50. The van der Waals surface area contributed by atoms with E-state index in [9.17, 15) is 4.79 Å². The van der Waals surface area contributed by atoms with E-state index < -0.39 is 0 Å². The summed E-state index contributed by atoms with van der Waals surface area (Å²) in [7, 11) is 0. The highest BCUT2D eigenvalue weighted by Gasteiger charge is 2.20. The SMILES string of the molecule is CCn1c(SCC(=O)N[C@H](C)c2ccccc2)nnc1[C@@H](C)Oc1ccccc1Cl. The lowest BCUT2D eigenvalue weighted by Crippen LogP contribution is -2.28. The molecule has 1 aromatic heterocycles. The molecule has 0 aliphatic carbocycles. The summed E-state index contributed by atoms with van der Waals surface area (Å²) in [6, 6.07) is 17.2. The molecule has 0 spiro atoms. The molecule has 0 bridgehead atoms. The standard InChI is InChI=1S/C22H25ClN4O2S/c1-4-27-21(16(3)29-19-13-9-8-12-18(19)23)25-26-22(27)30-14-20(28)24-15(2)17-10-6-5-7-11-17/h5-13,15-16H,4,14H2,1-3H3,(H,24,28)/t15-,16-/m1/s1. The third-order valence-corrected chi connectivity index (χ3v) is 5.85. The predicted molar refractivity (Wildman–Crippen MR) is 120 cm³/mol. The molecule has 0 radical (unpaired) electrons. The molecular weight excluding hydrogens is 420 g/mol. The van der Waals surface area contributed by atoms with Crippen LogP contribution >= 0.6 is 23.4 Å². The van der Waals surface area contributed by atoms with E-state index in [0.29, 0.717) is 28.3 Å². The van der Waals surface area contributed by atoms with Gasteiger partial charge in [0.05, 0.1) is 16.8 Å². The van der Waals surface area contributed by atoms with Crippen molar-refractivity contribution in [2.75, 3.05) is 5.75 Å². The van der Waals surface area contributed by atoms with E-state index >= 15 is 0 Å². The minimum absolute atomic E-state index is 0.0519. The zero-order chi connectivity index (χ0) is 21.5. The van der Waals surface area contributed by atoms with E-state index in [1.165, 1.54) is 11.8 Å². The smallest absolute Gasteiger partial charge is 0.230 e. The van der Waals surface area contributed by atoms with Crippen LogP contribution in [0.5, 0.6) is 5.75 Å². The Morgan fingerprint density at radius 3 is 2.53 bits per heavy atom. The molecule has 8 heteroatoms. The lowest BCUT2D eigenvalue weighted by Gasteiger charge is -2.16. The summed E-state index contributed by atoms with van der Waals surface area (Å²) in [4.78, 5) is 12.4. The topological polar surface area (TPSA) is 69.0 Å². The van der Waals surface area contributed by atoms with Crippen molar-refractivity contribution in [3.05, 3.63) is 71.0 Å². The Bertz CT molecular complexity index is 980. The number of para-hydroxylation sites is 1. The second-order valence-corrected chi connectivity index (χ2v) is 8.11. The molecule has 1 heterocycles. The van der Waals surface area contributed by atoms with Gasteiger partial charge >= 0.3 is 0 Å². The fourth-order valence-electron chi connectivity index (χ4n) is 3.03. The predicted octanol–water partition coefficient (Wildman–Crippen LogP) is 5.06. The zero-order valence-electron chi connectivity index (χ0n) is 17.2. The van der Waals surface area contributed by atoms with Gasteiger partial charge in [-0.15, -0.1) is 10.2 Å². The summed E-state index contributed by atoms with van der Waals surface area (Å²) in [5.41, 5.74) is 1.07. The molecule has 3 aromatic rings. The summed E-state index contributed by atoms with van der Waals surface area (Å²) in [6.45, 7) is 6.56. The summed E-state index contributed by atoms with van der Waals surface area (Å²) in [6.07, 6.45) is -0.335. The van der Waals surface area contributed by atoms with Crippen LogP contribution in [0.15, 0.2) is 59.8 Å². The molecule has 3 rings (SSSR count). The van der Waals surface area contributed by atoms with Crippen molar-refractivity contribution in [3.63, 3.8) is 0 Å². The highest BCUT2D eigenvalue weighted by Crippen LogP contribution is 2.29. The first-order chi connectivity index (χ1) is 14.5. The molecule has 0 unspecified atom stereocenters. The molecule has 0 aliphatic rings. The van der Waals surface area contributed by atoms with Crippen LogP contribution in [0.4, 0.5) is 0 Å². The molecule has 1 amide bonds. The number of nitrogens with zero attached hydrogens (tertiary/aromatic N) is 3. The van der Waals surface area contributed by atoms with Gasteiger partial charge in [-0.2, -0.15) is 0 Å². The molecular formula is C22H25ClN4O2S. The number of carbonyl (C=O) groups excluding carboxylic acids is 1. The normalized spacial score (nSPS) is 12.9. The van der Waals surface area contributed by atoms with Crippen molar-refractivity contribution in [2.45, 2.75) is 44.6 Å². The van der Waals surface area contributed by atoms with Crippen molar-refractivity contribution in [2.24, 2.45) is 0 Å². The minimum Gasteiger partial charge on any atom is -0.481 e. The van der Waals surface area contributed by atoms with E-state index in [2.05, 4.69) is 15.5 Å². The summed E-state index contributed by atoms with van der Waals surface area (Å²) in [5, 5.41) is 12.8. The molecule has 158 valence electrons. The second-order valence-electron chi connectivity index (χ2n) is 6.76. The molecule has 0 aliphatic heterocycles. The van der Waals surface area contributed by atoms with Crippen LogP contribution in [0, 0.1) is 0 Å². The van der Waals surface area contributed by atoms with Gasteiger partial charge in [0.2, 0.25) is 5.91 Å². The maximum Gasteiger partial charge on any atom is 0.230 e. The van der Waals surface area contributed by atoms with Crippen molar-refractivity contribution < 1.29 is 9.53 Å². The number of amides is 1. The number of hydrogen-bond donors (Lipinski definition) is 1. The van der Waals surface area contributed by atoms with Crippen LogP contribution in [0.3, 0.4) is 0 Å². The number of rotatable bonds is 9. The minimum atomic E-state index is -0.335. The first-order valence-corrected chi connectivity index (χ1v) is 11.2. The molecule has 2 atom stereocenters. The first kappa shape index (κ1) is 22.2. The van der Waals surface area contributed by atoms with Crippen molar-refractivity contribution in [1.82, 2.24) is 20.1 Å². The average Bonchev–Trinajstić information content (AvgIpc) is 3.17. The maximum atomic E-state index is 12.4. The Labute approximate surface area is 186 Å². The Kier molecular flexibility index (Phi) is 7.76. The van der Waals surface area contributed by atoms with Crippen molar-refractivity contribution >= 4 is 29.3 Å². The van der Waals surface area contributed by atoms with Gasteiger partial charge in [-0.1, -0.05) is 65.8 Å². The number of carbonyl (C=O) groups is 1. The van der Waals surface area contributed by atoms with Gasteiger partial charge in [-0.05, 0) is 38.5 Å². The largest absolute Gasteiger partial charge is 0.481 e. The number of halogens is 1. The van der Waals surface area contributed by atoms with E-state index in [1.807, 2.05) is 73.9 Å². The Morgan fingerprint density at radius 2 is 1.83 bits per heavy atom. The molecule has 1 N–H and O–H groups in total. The average molecular weight is 445 g/mol. The van der Waals surface area contributed by atoms with Crippen LogP contribution in [-0.4, -0.2) is 26.4 Å². The quantitative estimate of drug-likeness (QED) is 0.467. The van der Waals surface area contributed by atoms with Gasteiger partial charge in [0.15, 0.2) is 17.1 Å². The van der Waals surface area contributed by atoms with E-state index in [-0.39, 0.29) is 23.8 Å². The van der Waals surface area contributed by atoms with Crippen LogP contribution in [0.25, 0.3) is 0 Å². The van der Waals surface area contributed by atoms with E-state index in [1.54, 1.807) is 6.07 Å². The van der Waals surface area contributed by atoms with Crippen LogP contribution in [0.2, 0.25) is 5.02 Å². The Morgan fingerprint density at radius 1 is 1.13 bits per heavy atom. The summed E-state index contributed by atoms with van der Waals surface area (Å²) >= 11 is 7.55. The number of aromatic nitrogens is 3. The van der Waals surface area contributed by atoms with Gasteiger partial charge in [0.1, 0.15) is 5.75 Å². The third kappa shape index (κ3) is 5.55. The lowest BCUT2D eigenvalue weighted by atomic mass is 10.1. The van der Waals surface area contributed by atoms with E-state index in [0.717, 1.165) is 5.56 Å². The number of hydrogen-bond acceptors (Lipinski definition) is 5. The molecule has 0 saturated heterocycles. The number of nitrogens with one attached hydrogen (secondary N) is 1. The lowest BCUT2D eigenvalue weighted by molar-refractivity contribution is -0.119. The third-order valence-electron chi connectivity index (χ3n) is 4.58. The van der Waals surface area contributed by atoms with Gasteiger partial charge in [0, 0.05) is 6.54 Å². The fourth-order valence-corrected chi connectivity index (χ4v) is 4.03. The fraction of sp³-hybridized carbons (Fsp3) is 0.318. The van der Waals surface area contributed by atoms with Crippen LogP contribution in [-0.2, 0) is 11.3 Å². The van der Waals surface area contributed by atoms with Crippen molar-refractivity contribution in [3.8, 4) is 5.75 Å². The van der Waals surface area contributed by atoms with Gasteiger partial charge in [-0.25, -0.2) is 0 Å². The van der Waals surface area contributed by atoms with Gasteiger partial charge in [0.25, 0.3) is 0 Å². The molecule has 0 saturated carbocycles. The Balaban J connectivity index is 1.61. The second kappa shape index (κ2) is 10.5. The summed E-state index contributed by atoms with van der Waals surface area (Å²) < 4.78 is 7.93. The van der Waals surface area contributed by atoms with Crippen LogP contribution < -0.4 is 10.1 Å². The molecule has 0 fully saturated rings. The van der Waals surface area contributed by atoms with E-state index in [4.69, 9.17) is 16.3 Å². The number of ether oxygens (including phenoxy) is 1. The Hall–Kier alpha value is -2.51. The number of thioether (sulfide) groups is 1. The maximum absolute atomic E-state index is 12.4. The molecule has 30 heavy (non-hydrogen) atoms. The monoisotopic (exact) mass is 444 g/mol. The molecule has 2 aromatic carbocycles. The van der Waals surface area contributed by atoms with Crippen LogP contribution in [0.1, 0.15) is 44.3 Å². The van der Waals surface area contributed by atoms with Gasteiger partial charge < -0.3 is 14.6 Å². The number of benzene rings is 2. The molecule has 6 nitrogen and oxygen atoms in total. The first-order valence-electron chi connectivity index (χ1n) is 9.81. The zero-order valence-corrected chi connectivity index (χ0v) is 18.8. The van der Waals surface area contributed by atoms with Gasteiger partial charge in [-0.3, -0.25) is 4.79 Å². The highest BCUT2D eigenvalue weighted by atomic mass is 35.5. The highest BCUT2D eigenvalue weighted by molar-refractivity contribution is 7.99. The van der Waals surface area contributed by atoms with Crippen molar-refractivity contribution in [1.29, 1.82) is 0 Å².